The standard InChI is InChI=1S/C30H53ClN8O6/c1-19(40)38-6-8-39(9-7-38)30-35-25(10-27(36-30)34-21-15-43-16-21)29(42)33-11-22(41)14-37-5-4-24-20(13-37)2-3-26(28(24)31)44-17-23-12-32-18-45-23/h20-28,30,32,34-36,41H,2-18H2,1H3,(H,33,42)/t20?,22-,23?,24?,25?,26?,27?,28?,30?/m0/s1. The number of halogens is 1. The molecule has 6 N–H and O–H groups in total. The van der Waals surface area contributed by atoms with E-state index in [0.717, 1.165) is 52.0 Å². The third-order valence-corrected chi connectivity index (χ3v) is 11.0. The molecule has 2 amide bonds. The molecule has 1 saturated carbocycles. The Hall–Kier alpha value is -1.17. The Kier molecular flexibility index (Phi) is 11.9. The van der Waals surface area contributed by atoms with E-state index in [4.69, 9.17) is 25.8 Å². The van der Waals surface area contributed by atoms with Crippen LogP contribution in [0, 0.1) is 11.8 Å². The largest absolute Gasteiger partial charge is 0.390 e. The number of hydrogen-bond donors (Lipinski definition) is 6. The van der Waals surface area contributed by atoms with Gasteiger partial charge in [0, 0.05) is 65.7 Å². The van der Waals surface area contributed by atoms with E-state index in [1.54, 1.807) is 6.92 Å². The van der Waals surface area contributed by atoms with Crippen LogP contribution < -0.4 is 26.6 Å². The normalized spacial score (nSPS) is 37.5. The van der Waals surface area contributed by atoms with Crippen molar-refractivity contribution in [1.29, 1.82) is 0 Å². The van der Waals surface area contributed by atoms with Gasteiger partial charge in [-0.05, 0) is 37.6 Å². The number of alkyl halides is 1. The van der Waals surface area contributed by atoms with E-state index in [1.807, 2.05) is 4.90 Å². The maximum atomic E-state index is 13.4. The van der Waals surface area contributed by atoms with Crippen molar-refractivity contribution in [2.45, 2.75) is 80.8 Å². The molecular formula is C30H53ClN8O6. The lowest BCUT2D eigenvalue weighted by Crippen LogP contribution is -2.73. The van der Waals surface area contributed by atoms with E-state index in [9.17, 15) is 14.7 Å². The number of piperazine rings is 1. The SMILES string of the molecule is CC(=O)N1CCN(C2NC(NC3COC3)CC(C(=O)NC[C@H](O)CN3CCC4C(CCC(OCC5CNCO5)C4Cl)C3)N2)CC1. The molecule has 5 aliphatic heterocycles. The number of rotatable bonds is 11. The minimum atomic E-state index is -0.657. The average molecular weight is 657 g/mol. The molecule has 5 saturated heterocycles. The molecule has 0 radical (unpaired) electrons. The number of β-amino-alcohol motifs (C(OH)–C–C–N with tert-alkyl or cyclic N) is 1. The highest BCUT2D eigenvalue weighted by molar-refractivity contribution is 6.21. The lowest BCUT2D eigenvalue weighted by Gasteiger charge is -2.46. The molecule has 256 valence electrons. The van der Waals surface area contributed by atoms with Gasteiger partial charge in [0.1, 0.15) is 6.29 Å². The lowest BCUT2D eigenvalue weighted by molar-refractivity contribution is -0.131. The summed E-state index contributed by atoms with van der Waals surface area (Å²) in [6, 6.07) is -0.149. The molecule has 14 nitrogen and oxygen atoms in total. The number of carbonyl (C=O) groups is 2. The summed E-state index contributed by atoms with van der Waals surface area (Å²) in [7, 11) is 0. The summed E-state index contributed by atoms with van der Waals surface area (Å²) in [5.74, 6) is 0.887. The molecule has 1 aliphatic carbocycles. The topological polar surface area (TPSA) is 152 Å². The van der Waals surface area contributed by atoms with E-state index in [0.29, 0.717) is 64.4 Å². The number of nitrogens with zero attached hydrogens (tertiary/aromatic N) is 3. The number of aliphatic hydroxyl groups excluding tert-OH is 1. The Balaban J connectivity index is 0.939. The van der Waals surface area contributed by atoms with E-state index in [-0.39, 0.29) is 54.4 Å². The van der Waals surface area contributed by atoms with Crippen LogP contribution >= 0.6 is 11.6 Å². The van der Waals surface area contributed by atoms with Crippen LogP contribution in [0.1, 0.15) is 32.6 Å². The van der Waals surface area contributed by atoms with Crippen LogP contribution in [0.3, 0.4) is 0 Å². The van der Waals surface area contributed by atoms with Crippen LogP contribution in [0.25, 0.3) is 0 Å². The van der Waals surface area contributed by atoms with Crippen LogP contribution in [0.4, 0.5) is 0 Å². The molecule has 0 aromatic rings. The molecule has 8 unspecified atom stereocenters. The maximum absolute atomic E-state index is 13.4. The fraction of sp³-hybridized carbons (Fsp3) is 0.933. The van der Waals surface area contributed by atoms with Gasteiger partial charge in [-0.1, -0.05) is 0 Å². The first-order valence-electron chi connectivity index (χ1n) is 16.9. The van der Waals surface area contributed by atoms with Crippen molar-refractivity contribution < 1.29 is 28.9 Å². The van der Waals surface area contributed by atoms with Crippen LogP contribution in [0.15, 0.2) is 0 Å². The van der Waals surface area contributed by atoms with E-state index >= 15 is 0 Å². The second kappa shape index (κ2) is 15.8. The van der Waals surface area contributed by atoms with Crippen molar-refractivity contribution >= 4 is 23.4 Å². The number of hydrogen-bond acceptors (Lipinski definition) is 12. The summed E-state index contributed by atoms with van der Waals surface area (Å²) in [5.41, 5.74) is 0. The highest BCUT2D eigenvalue weighted by Gasteiger charge is 2.42. The van der Waals surface area contributed by atoms with Gasteiger partial charge >= 0.3 is 0 Å². The summed E-state index contributed by atoms with van der Waals surface area (Å²) < 4.78 is 17.1. The van der Waals surface area contributed by atoms with Gasteiger partial charge in [0.15, 0.2) is 0 Å². The van der Waals surface area contributed by atoms with Gasteiger partial charge in [-0.25, -0.2) is 0 Å². The van der Waals surface area contributed by atoms with Crippen LogP contribution in [-0.4, -0.2) is 165 Å². The van der Waals surface area contributed by atoms with E-state index in [2.05, 4.69) is 36.4 Å². The predicted octanol–water partition coefficient (Wildman–Crippen LogP) is -2.15. The Labute approximate surface area is 271 Å². The number of fused-ring (bicyclic) bond motifs is 1. The monoisotopic (exact) mass is 656 g/mol. The highest BCUT2D eigenvalue weighted by atomic mass is 35.5. The summed E-state index contributed by atoms with van der Waals surface area (Å²) in [4.78, 5) is 31.6. The van der Waals surface area contributed by atoms with Crippen molar-refractivity contribution in [3.05, 3.63) is 0 Å². The maximum Gasteiger partial charge on any atom is 0.237 e. The number of likely N-dealkylation sites (tertiary alicyclic amines) is 1. The average Bonchev–Trinajstić information content (AvgIpc) is 3.55. The zero-order valence-corrected chi connectivity index (χ0v) is 27.3. The van der Waals surface area contributed by atoms with Gasteiger partial charge in [-0.2, -0.15) is 0 Å². The molecule has 5 heterocycles. The number of piperidine rings is 1. The van der Waals surface area contributed by atoms with Crippen molar-refractivity contribution in [2.24, 2.45) is 11.8 Å². The van der Waals surface area contributed by atoms with Crippen molar-refractivity contribution in [3.63, 3.8) is 0 Å². The number of ether oxygens (including phenoxy) is 3. The Morgan fingerprint density at radius 3 is 2.64 bits per heavy atom. The zero-order chi connectivity index (χ0) is 31.3. The highest BCUT2D eigenvalue weighted by Crippen LogP contribution is 2.40. The molecule has 15 heteroatoms. The van der Waals surface area contributed by atoms with Gasteiger partial charge in [0.2, 0.25) is 11.8 Å². The first-order valence-corrected chi connectivity index (χ1v) is 17.4. The van der Waals surface area contributed by atoms with Crippen LogP contribution in [-0.2, 0) is 23.8 Å². The lowest BCUT2D eigenvalue weighted by atomic mass is 9.73. The third kappa shape index (κ3) is 8.85. The summed E-state index contributed by atoms with van der Waals surface area (Å²) in [5, 5.41) is 27.8. The second-order valence-corrected chi connectivity index (χ2v) is 14.2. The van der Waals surface area contributed by atoms with E-state index in [1.165, 1.54) is 0 Å². The zero-order valence-electron chi connectivity index (χ0n) is 26.5. The number of nitrogens with one attached hydrogen (secondary N) is 5. The summed E-state index contributed by atoms with van der Waals surface area (Å²) in [6.45, 7) is 10.2. The van der Waals surface area contributed by atoms with Gasteiger partial charge in [-0.15, -0.1) is 11.6 Å². The quantitative estimate of drug-likeness (QED) is 0.135. The molecular weight excluding hydrogens is 604 g/mol. The molecule has 6 fully saturated rings. The van der Waals surface area contributed by atoms with Gasteiger partial charge < -0.3 is 34.4 Å². The Morgan fingerprint density at radius 2 is 1.93 bits per heavy atom. The van der Waals surface area contributed by atoms with Crippen molar-refractivity contribution in [1.82, 2.24) is 41.3 Å². The Morgan fingerprint density at radius 1 is 1.11 bits per heavy atom. The molecule has 6 aliphatic rings. The molecule has 45 heavy (non-hydrogen) atoms. The third-order valence-electron chi connectivity index (χ3n) is 10.4. The smallest absolute Gasteiger partial charge is 0.237 e. The number of amides is 2. The minimum Gasteiger partial charge on any atom is -0.390 e. The van der Waals surface area contributed by atoms with Crippen LogP contribution in [0.5, 0.6) is 0 Å². The second-order valence-electron chi connectivity index (χ2n) is 13.7. The molecule has 6 rings (SSSR count). The van der Waals surface area contributed by atoms with Crippen LogP contribution in [0.2, 0.25) is 0 Å². The van der Waals surface area contributed by atoms with Crippen molar-refractivity contribution in [3.8, 4) is 0 Å². The first kappa shape index (κ1) is 33.7. The van der Waals surface area contributed by atoms with Crippen molar-refractivity contribution in [2.75, 3.05) is 85.5 Å². The fourth-order valence-corrected chi connectivity index (χ4v) is 8.26. The summed E-state index contributed by atoms with van der Waals surface area (Å²) in [6.07, 6.45) is 2.84. The predicted molar refractivity (Wildman–Crippen MR) is 167 cm³/mol. The minimum absolute atomic E-state index is 0.000995. The van der Waals surface area contributed by atoms with E-state index < -0.39 is 12.1 Å². The fourth-order valence-electron chi connectivity index (χ4n) is 7.72. The van der Waals surface area contributed by atoms with Gasteiger partial charge in [0.05, 0.1) is 68.5 Å². The number of carbonyl (C=O) groups excluding carboxylic acids is 2. The Bertz CT molecular complexity index is 984. The molecule has 0 aromatic carbocycles. The summed E-state index contributed by atoms with van der Waals surface area (Å²) >= 11 is 6.95. The first-order chi connectivity index (χ1) is 21.8. The molecule has 0 spiro atoms. The molecule has 9 atom stereocenters. The molecule has 0 aromatic heterocycles. The van der Waals surface area contributed by atoms with Gasteiger partial charge in [-0.3, -0.25) is 35.8 Å². The molecule has 0 bridgehead atoms. The number of aliphatic hydroxyl groups is 1. The van der Waals surface area contributed by atoms with Gasteiger partial charge in [0.25, 0.3) is 0 Å².